The number of benzene rings is 2. The van der Waals surface area contributed by atoms with Gasteiger partial charge in [-0.1, -0.05) is 36.3 Å². The molecule has 5 nitrogen and oxygen atoms in total. The average molecular weight is 335 g/mol. The molecule has 1 heterocycles. The number of aryl methyl sites for hydroxylation is 1. The van der Waals surface area contributed by atoms with E-state index < -0.39 is 0 Å². The minimum Gasteiger partial charge on any atom is -0.378 e. The molecule has 2 aromatic carbocycles. The summed E-state index contributed by atoms with van der Waals surface area (Å²) in [6.07, 6.45) is 0.993. The molecule has 0 saturated carbocycles. The molecule has 0 spiro atoms. The third-order valence-corrected chi connectivity index (χ3v) is 4.05. The highest BCUT2D eigenvalue weighted by Gasteiger charge is 2.11. The smallest absolute Gasteiger partial charge is 0.258 e. The van der Waals surface area contributed by atoms with Crippen LogP contribution in [0, 0.1) is 0 Å². The van der Waals surface area contributed by atoms with E-state index in [-0.39, 0.29) is 5.91 Å². The Morgan fingerprint density at radius 3 is 2.36 bits per heavy atom. The number of nitrogens with zero attached hydrogens (tertiary/aromatic N) is 2. The molecular formula is C20H21N3O2. The zero-order valence-electron chi connectivity index (χ0n) is 14.6. The molecule has 128 valence electrons. The van der Waals surface area contributed by atoms with Gasteiger partial charge in [0.25, 0.3) is 5.91 Å². The third-order valence-electron chi connectivity index (χ3n) is 4.05. The van der Waals surface area contributed by atoms with E-state index in [0.29, 0.717) is 17.1 Å². The lowest BCUT2D eigenvalue weighted by atomic mass is 10.1. The second-order valence-electron chi connectivity index (χ2n) is 6.02. The Morgan fingerprint density at radius 2 is 1.76 bits per heavy atom. The highest BCUT2D eigenvalue weighted by Crippen LogP contribution is 2.23. The molecule has 0 bridgehead atoms. The fraction of sp³-hybridized carbons (Fsp3) is 0.200. The van der Waals surface area contributed by atoms with E-state index in [2.05, 4.69) is 29.5 Å². The topological polar surface area (TPSA) is 58.4 Å². The second-order valence-corrected chi connectivity index (χ2v) is 6.02. The normalized spacial score (nSPS) is 10.5. The summed E-state index contributed by atoms with van der Waals surface area (Å²) >= 11 is 0. The van der Waals surface area contributed by atoms with Crippen molar-refractivity contribution < 1.29 is 9.32 Å². The van der Waals surface area contributed by atoms with E-state index in [0.717, 1.165) is 17.7 Å². The van der Waals surface area contributed by atoms with E-state index in [1.54, 1.807) is 18.2 Å². The van der Waals surface area contributed by atoms with Crippen LogP contribution in [0.25, 0.3) is 11.3 Å². The van der Waals surface area contributed by atoms with Crippen molar-refractivity contribution in [2.24, 2.45) is 0 Å². The number of rotatable bonds is 5. The standard InChI is InChI=1S/C20H21N3O2/c1-4-14-5-7-15(8-6-14)18-13-19(25-22-18)21-20(24)16-9-11-17(12-10-16)23(2)3/h5-13H,4H2,1-3H3,(H,21,24). The average Bonchev–Trinajstić information content (AvgIpc) is 3.10. The molecule has 0 radical (unpaired) electrons. The van der Waals surface area contributed by atoms with Crippen LogP contribution >= 0.6 is 0 Å². The molecule has 1 aromatic heterocycles. The molecule has 0 aliphatic rings. The molecule has 3 rings (SSSR count). The number of nitrogens with one attached hydrogen (secondary N) is 1. The van der Waals surface area contributed by atoms with Crippen LogP contribution in [-0.4, -0.2) is 25.2 Å². The van der Waals surface area contributed by atoms with Crippen molar-refractivity contribution in [1.82, 2.24) is 5.16 Å². The highest BCUT2D eigenvalue weighted by molar-refractivity contribution is 6.03. The van der Waals surface area contributed by atoms with Gasteiger partial charge in [0, 0.05) is 37.0 Å². The van der Waals surface area contributed by atoms with Crippen molar-refractivity contribution in [2.75, 3.05) is 24.3 Å². The molecule has 0 aliphatic carbocycles. The summed E-state index contributed by atoms with van der Waals surface area (Å²) in [6.45, 7) is 2.11. The molecule has 1 amide bonds. The van der Waals surface area contributed by atoms with Crippen LogP contribution in [-0.2, 0) is 6.42 Å². The first-order valence-electron chi connectivity index (χ1n) is 8.21. The van der Waals surface area contributed by atoms with E-state index in [4.69, 9.17) is 4.52 Å². The highest BCUT2D eigenvalue weighted by atomic mass is 16.5. The van der Waals surface area contributed by atoms with E-state index in [9.17, 15) is 4.79 Å². The van der Waals surface area contributed by atoms with E-state index in [1.807, 2.05) is 43.3 Å². The van der Waals surface area contributed by atoms with Crippen LogP contribution in [0.2, 0.25) is 0 Å². The van der Waals surface area contributed by atoms with Gasteiger partial charge >= 0.3 is 0 Å². The van der Waals surface area contributed by atoms with Crippen molar-refractivity contribution in [2.45, 2.75) is 13.3 Å². The lowest BCUT2D eigenvalue weighted by Crippen LogP contribution is -2.12. The van der Waals surface area contributed by atoms with Gasteiger partial charge in [-0.2, -0.15) is 0 Å². The zero-order valence-corrected chi connectivity index (χ0v) is 14.6. The number of hydrogen-bond donors (Lipinski definition) is 1. The van der Waals surface area contributed by atoms with Gasteiger partial charge in [0.05, 0.1) is 0 Å². The molecule has 0 atom stereocenters. The maximum atomic E-state index is 12.3. The Bertz CT molecular complexity index is 849. The van der Waals surface area contributed by atoms with Crippen LogP contribution in [0.1, 0.15) is 22.8 Å². The molecule has 0 unspecified atom stereocenters. The number of carbonyl (C=O) groups is 1. The fourth-order valence-corrected chi connectivity index (χ4v) is 2.48. The molecule has 0 aliphatic heterocycles. The summed E-state index contributed by atoms with van der Waals surface area (Å²) in [5.41, 5.74) is 4.52. The Labute approximate surface area is 147 Å². The second kappa shape index (κ2) is 7.21. The maximum absolute atomic E-state index is 12.3. The summed E-state index contributed by atoms with van der Waals surface area (Å²) < 4.78 is 5.24. The summed E-state index contributed by atoms with van der Waals surface area (Å²) in [5, 5.41) is 6.77. The van der Waals surface area contributed by atoms with Crippen LogP contribution < -0.4 is 10.2 Å². The number of carbonyl (C=O) groups excluding carboxylic acids is 1. The minimum absolute atomic E-state index is 0.227. The molecule has 1 N–H and O–H groups in total. The fourth-order valence-electron chi connectivity index (χ4n) is 2.48. The monoisotopic (exact) mass is 335 g/mol. The summed E-state index contributed by atoms with van der Waals surface area (Å²) in [6, 6.07) is 17.2. The van der Waals surface area contributed by atoms with Crippen molar-refractivity contribution >= 4 is 17.5 Å². The summed E-state index contributed by atoms with van der Waals surface area (Å²) in [4.78, 5) is 14.3. The first-order valence-corrected chi connectivity index (χ1v) is 8.21. The molecular weight excluding hydrogens is 314 g/mol. The third kappa shape index (κ3) is 3.88. The van der Waals surface area contributed by atoms with Gasteiger partial charge in [0.2, 0.25) is 5.88 Å². The predicted octanol–water partition coefficient (Wildman–Crippen LogP) is 4.22. The molecule has 25 heavy (non-hydrogen) atoms. The van der Waals surface area contributed by atoms with E-state index >= 15 is 0 Å². The van der Waals surface area contributed by atoms with Crippen LogP contribution in [0.4, 0.5) is 11.6 Å². The first kappa shape index (κ1) is 16.8. The van der Waals surface area contributed by atoms with Crippen molar-refractivity contribution in [3.63, 3.8) is 0 Å². The molecule has 3 aromatic rings. The van der Waals surface area contributed by atoms with Crippen LogP contribution in [0.3, 0.4) is 0 Å². The Kier molecular flexibility index (Phi) is 4.84. The quantitative estimate of drug-likeness (QED) is 0.758. The Morgan fingerprint density at radius 1 is 1.08 bits per heavy atom. The van der Waals surface area contributed by atoms with Gasteiger partial charge in [-0.3, -0.25) is 10.1 Å². The molecule has 5 heteroatoms. The zero-order chi connectivity index (χ0) is 17.8. The lowest BCUT2D eigenvalue weighted by Gasteiger charge is -2.12. The van der Waals surface area contributed by atoms with Crippen LogP contribution in [0.15, 0.2) is 59.1 Å². The van der Waals surface area contributed by atoms with Gasteiger partial charge in [0.15, 0.2) is 0 Å². The lowest BCUT2D eigenvalue weighted by molar-refractivity contribution is 0.102. The maximum Gasteiger partial charge on any atom is 0.258 e. The van der Waals surface area contributed by atoms with Gasteiger partial charge in [-0.05, 0) is 36.2 Å². The predicted molar refractivity (Wildman–Crippen MR) is 100 cm³/mol. The number of amides is 1. The Hall–Kier alpha value is -3.08. The van der Waals surface area contributed by atoms with Crippen molar-refractivity contribution in [3.05, 3.63) is 65.7 Å². The minimum atomic E-state index is -0.227. The SMILES string of the molecule is CCc1ccc(-c2cc(NC(=O)c3ccc(N(C)C)cc3)on2)cc1. The van der Waals surface area contributed by atoms with Gasteiger partial charge in [-0.25, -0.2) is 0 Å². The van der Waals surface area contributed by atoms with Gasteiger partial charge < -0.3 is 9.42 Å². The van der Waals surface area contributed by atoms with Crippen molar-refractivity contribution in [1.29, 1.82) is 0 Å². The molecule has 0 fully saturated rings. The number of aromatic nitrogens is 1. The Balaban J connectivity index is 1.70. The van der Waals surface area contributed by atoms with Crippen molar-refractivity contribution in [3.8, 4) is 11.3 Å². The van der Waals surface area contributed by atoms with Crippen LogP contribution in [0.5, 0.6) is 0 Å². The first-order chi connectivity index (χ1) is 12.1. The summed E-state index contributed by atoms with van der Waals surface area (Å²) in [7, 11) is 3.91. The van der Waals surface area contributed by atoms with Gasteiger partial charge in [0.1, 0.15) is 5.69 Å². The number of hydrogen-bond acceptors (Lipinski definition) is 4. The summed E-state index contributed by atoms with van der Waals surface area (Å²) in [5.74, 6) is 0.102. The van der Waals surface area contributed by atoms with Gasteiger partial charge in [-0.15, -0.1) is 0 Å². The largest absolute Gasteiger partial charge is 0.378 e. The molecule has 0 saturated heterocycles. The number of anilines is 2. The van der Waals surface area contributed by atoms with E-state index in [1.165, 1.54) is 5.56 Å².